The van der Waals surface area contributed by atoms with Crippen molar-refractivity contribution in [2.24, 2.45) is 7.05 Å². The first-order valence-electron chi connectivity index (χ1n) is 12.9. The van der Waals surface area contributed by atoms with Crippen LogP contribution >= 0.6 is 0 Å². The molecule has 0 spiro atoms. The van der Waals surface area contributed by atoms with Crippen LogP contribution in [0.25, 0.3) is 11.3 Å². The quantitative estimate of drug-likeness (QED) is 0.455. The molecule has 0 unspecified atom stereocenters. The third kappa shape index (κ3) is 7.08. The van der Waals surface area contributed by atoms with Gasteiger partial charge in [0.1, 0.15) is 17.2 Å². The van der Waals surface area contributed by atoms with E-state index in [1.165, 1.54) is 12.1 Å². The Morgan fingerprint density at radius 3 is 2.74 bits per heavy atom. The number of anilines is 1. The largest absolute Gasteiger partial charge is 0.444 e. The second-order valence-corrected chi connectivity index (χ2v) is 10.5. The Kier molecular flexibility index (Phi) is 8.29. The van der Waals surface area contributed by atoms with Crippen molar-refractivity contribution in [3.05, 3.63) is 65.7 Å². The molecule has 0 bridgehead atoms. The van der Waals surface area contributed by atoms with Gasteiger partial charge in [-0.3, -0.25) is 9.48 Å². The number of aromatic nitrogens is 3. The molecule has 2 amide bonds. The molecule has 1 atom stereocenters. The highest BCUT2D eigenvalue weighted by Gasteiger charge is 2.32. The molecule has 2 N–H and O–H groups in total. The fourth-order valence-corrected chi connectivity index (χ4v) is 4.42. The summed E-state index contributed by atoms with van der Waals surface area (Å²) in [6, 6.07) is 9.81. The van der Waals surface area contributed by atoms with E-state index in [-0.39, 0.29) is 23.9 Å². The van der Waals surface area contributed by atoms with Crippen molar-refractivity contribution in [1.82, 2.24) is 25.0 Å². The molecule has 1 aliphatic heterocycles. The lowest BCUT2D eigenvalue weighted by Crippen LogP contribution is -2.45. The van der Waals surface area contributed by atoms with Gasteiger partial charge in [-0.1, -0.05) is 12.1 Å². The summed E-state index contributed by atoms with van der Waals surface area (Å²) in [5, 5.41) is 10.4. The van der Waals surface area contributed by atoms with Crippen molar-refractivity contribution in [2.75, 3.05) is 25.0 Å². The van der Waals surface area contributed by atoms with E-state index >= 15 is 0 Å². The van der Waals surface area contributed by atoms with Crippen molar-refractivity contribution in [3.63, 3.8) is 0 Å². The molecule has 3 aromatic rings. The maximum Gasteiger partial charge on any atom is 0.410 e. The lowest BCUT2D eigenvalue weighted by molar-refractivity contribution is 0.0225. The smallest absolute Gasteiger partial charge is 0.410 e. The number of nitrogens with zero attached hydrogens (tertiary/aromatic N) is 4. The molecule has 38 heavy (non-hydrogen) atoms. The van der Waals surface area contributed by atoms with E-state index < -0.39 is 5.60 Å². The summed E-state index contributed by atoms with van der Waals surface area (Å²) in [7, 11) is 1.83. The van der Waals surface area contributed by atoms with Gasteiger partial charge >= 0.3 is 6.09 Å². The lowest BCUT2D eigenvalue weighted by Gasteiger charge is -2.28. The van der Waals surface area contributed by atoms with Crippen molar-refractivity contribution in [1.29, 1.82) is 0 Å². The number of rotatable bonds is 8. The van der Waals surface area contributed by atoms with Gasteiger partial charge in [0.2, 0.25) is 0 Å². The molecule has 0 radical (unpaired) electrons. The van der Waals surface area contributed by atoms with Crippen molar-refractivity contribution in [2.45, 2.75) is 51.7 Å². The van der Waals surface area contributed by atoms with E-state index in [4.69, 9.17) is 9.72 Å². The minimum absolute atomic E-state index is 0.138. The Morgan fingerprint density at radius 2 is 2.03 bits per heavy atom. The molecular weight excluding hydrogens is 487 g/mol. The Bertz CT molecular complexity index is 1290. The number of aryl methyl sites for hydroxylation is 1. The third-order valence-electron chi connectivity index (χ3n) is 6.24. The maximum atomic E-state index is 13.6. The number of hydrogen-bond donors (Lipinski definition) is 2. The fourth-order valence-electron chi connectivity index (χ4n) is 4.42. The Morgan fingerprint density at radius 1 is 1.21 bits per heavy atom. The van der Waals surface area contributed by atoms with Crippen LogP contribution in [0, 0.1) is 5.82 Å². The second-order valence-electron chi connectivity index (χ2n) is 10.5. The van der Waals surface area contributed by atoms with Crippen molar-refractivity contribution in [3.8, 4) is 11.3 Å². The molecular formula is C28H35FN6O3. The fraction of sp³-hybridized carbons (Fsp3) is 0.429. The van der Waals surface area contributed by atoms with Gasteiger partial charge in [0.05, 0.1) is 23.5 Å². The molecule has 0 saturated carbocycles. The standard InChI is InChI=1S/C28H35FN6O3/c1-28(2,3)38-27(37)35-14-6-9-22(35)17-31-26(36)23-10-11-24(20-16-32-34(4)18-20)33-25(23)30-13-12-19-7-5-8-21(29)15-19/h5,7-8,10-11,15-16,18,22H,6,9,12-14,17H2,1-4H3,(H,30,33)(H,31,36)/t22-/m1/s1. The molecule has 3 heterocycles. The van der Waals surface area contributed by atoms with Crippen LogP contribution in [0.4, 0.5) is 15.0 Å². The van der Waals surface area contributed by atoms with E-state index in [2.05, 4.69) is 15.7 Å². The number of amides is 2. The first-order chi connectivity index (χ1) is 18.1. The summed E-state index contributed by atoms with van der Waals surface area (Å²) in [6.45, 7) is 6.88. The van der Waals surface area contributed by atoms with Crippen molar-refractivity contribution >= 4 is 17.8 Å². The summed E-state index contributed by atoms with van der Waals surface area (Å²) in [4.78, 5) is 32.3. The zero-order valence-corrected chi connectivity index (χ0v) is 22.3. The molecule has 1 aliphatic rings. The lowest BCUT2D eigenvalue weighted by atomic mass is 10.1. The van der Waals surface area contributed by atoms with Crippen LogP contribution in [0.1, 0.15) is 49.5 Å². The van der Waals surface area contributed by atoms with E-state index in [9.17, 15) is 14.0 Å². The summed E-state index contributed by atoms with van der Waals surface area (Å²) in [5.41, 5.74) is 2.15. The molecule has 9 nitrogen and oxygen atoms in total. The number of likely N-dealkylation sites (tertiary alicyclic amines) is 1. The second kappa shape index (κ2) is 11.6. The van der Waals surface area contributed by atoms with Crippen LogP contribution in [0.5, 0.6) is 0 Å². The van der Waals surface area contributed by atoms with Gasteiger partial charge in [-0.05, 0) is 69.9 Å². The molecule has 1 aromatic carbocycles. The zero-order valence-electron chi connectivity index (χ0n) is 22.3. The van der Waals surface area contributed by atoms with Crippen LogP contribution in [0.15, 0.2) is 48.8 Å². The average molecular weight is 523 g/mol. The zero-order chi connectivity index (χ0) is 27.3. The van der Waals surface area contributed by atoms with Crippen LogP contribution in [0.2, 0.25) is 0 Å². The number of carbonyl (C=O) groups is 2. The Balaban J connectivity index is 1.47. The highest BCUT2D eigenvalue weighted by Crippen LogP contribution is 2.23. The van der Waals surface area contributed by atoms with E-state index in [1.807, 2.05) is 40.1 Å². The number of ether oxygens (including phenoxy) is 1. The van der Waals surface area contributed by atoms with E-state index in [0.29, 0.717) is 43.1 Å². The highest BCUT2D eigenvalue weighted by atomic mass is 19.1. The van der Waals surface area contributed by atoms with E-state index in [1.54, 1.807) is 34.0 Å². The highest BCUT2D eigenvalue weighted by molar-refractivity contribution is 5.99. The van der Waals surface area contributed by atoms with Crippen LogP contribution < -0.4 is 10.6 Å². The number of halogens is 1. The van der Waals surface area contributed by atoms with E-state index in [0.717, 1.165) is 24.0 Å². The molecule has 0 aliphatic carbocycles. The van der Waals surface area contributed by atoms with Gasteiger partial charge in [-0.25, -0.2) is 14.2 Å². The average Bonchev–Trinajstić information content (AvgIpc) is 3.50. The summed E-state index contributed by atoms with van der Waals surface area (Å²) >= 11 is 0. The van der Waals surface area contributed by atoms with Crippen LogP contribution in [-0.4, -0.2) is 62.9 Å². The molecule has 4 rings (SSSR count). The Labute approximate surface area is 222 Å². The van der Waals surface area contributed by atoms with Crippen LogP contribution in [-0.2, 0) is 18.2 Å². The summed E-state index contributed by atoms with van der Waals surface area (Å²) in [5.74, 6) is -0.151. The molecule has 10 heteroatoms. The normalized spacial score (nSPS) is 15.4. The van der Waals surface area contributed by atoms with Crippen LogP contribution in [0.3, 0.4) is 0 Å². The monoisotopic (exact) mass is 522 g/mol. The number of hydrogen-bond acceptors (Lipinski definition) is 6. The molecule has 1 saturated heterocycles. The summed E-state index contributed by atoms with van der Waals surface area (Å²) < 4.78 is 20.8. The number of carbonyl (C=O) groups excluding carboxylic acids is 2. The minimum Gasteiger partial charge on any atom is -0.444 e. The predicted octanol–water partition coefficient (Wildman–Crippen LogP) is 4.41. The van der Waals surface area contributed by atoms with Gasteiger partial charge in [-0.2, -0.15) is 5.10 Å². The minimum atomic E-state index is -0.582. The number of benzene rings is 1. The first kappa shape index (κ1) is 27.1. The predicted molar refractivity (Wildman–Crippen MR) is 143 cm³/mol. The number of nitrogens with one attached hydrogen (secondary N) is 2. The third-order valence-corrected chi connectivity index (χ3v) is 6.24. The van der Waals surface area contributed by atoms with Gasteiger partial charge in [0, 0.05) is 38.4 Å². The first-order valence-corrected chi connectivity index (χ1v) is 12.9. The molecule has 2 aromatic heterocycles. The Hall–Kier alpha value is -3.95. The maximum absolute atomic E-state index is 13.6. The van der Waals surface area contributed by atoms with Crippen molar-refractivity contribution < 1.29 is 18.7 Å². The SMILES string of the molecule is Cn1cc(-c2ccc(C(=O)NC[C@H]3CCCN3C(=O)OC(C)(C)C)c(NCCc3cccc(F)c3)n2)cn1. The van der Waals surface area contributed by atoms with Gasteiger partial charge < -0.3 is 20.3 Å². The van der Waals surface area contributed by atoms with Gasteiger partial charge in [0.25, 0.3) is 5.91 Å². The van der Waals surface area contributed by atoms with Gasteiger partial charge in [0.15, 0.2) is 0 Å². The molecule has 202 valence electrons. The molecule has 1 fully saturated rings. The van der Waals surface area contributed by atoms with Gasteiger partial charge in [-0.15, -0.1) is 0 Å². The number of pyridine rings is 1. The topological polar surface area (TPSA) is 101 Å². The summed E-state index contributed by atoms with van der Waals surface area (Å²) in [6.07, 6.45) is 5.40.